The van der Waals surface area contributed by atoms with E-state index < -0.39 is 30.3 Å². The standard InChI is InChI=1S/C46H73NO8/c1-6-8-10-12-14-16-18-20-22-24-26-28-30-32-34-36-43(48)53-40-42(41-54-46(45(50)51)52-39-38-47(3,4)5)55-44(49)37-35-33-31-29-27-25-23-21-19-17-15-13-11-9-7-2/h8-11,14-17,20-23,26-29,42,46H,6-7,12-13,18-19,24-25,30-41H2,1-5H3/b10-8-,11-9-,16-14-,17-15-,22-20-,23-21-,28-26-,29-27-. The maximum absolute atomic E-state index is 12.7. The molecular weight excluding hydrogens is 695 g/mol. The number of carbonyl (C=O) groups excluding carboxylic acids is 3. The van der Waals surface area contributed by atoms with Crippen LogP contribution in [0.15, 0.2) is 97.2 Å². The number of carboxylic acid groups (broad SMARTS) is 1. The molecule has 0 aliphatic rings. The molecular formula is C46H73NO8. The van der Waals surface area contributed by atoms with Crippen LogP contribution in [0.3, 0.4) is 0 Å². The van der Waals surface area contributed by atoms with Gasteiger partial charge in [-0.05, 0) is 89.9 Å². The Kier molecular flexibility index (Phi) is 34.6. The second-order valence-electron chi connectivity index (χ2n) is 14.2. The number of likely N-dealkylation sites (N-methyl/N-ethyl adjacent to an activating group) is 1. The molecule has 310 valence electrons. The zero-order valence-electron chi connectivity index (χ0n) is 34.7. The number of allylic oxidation sites excluding steroid dienone is 16. The summed E-state index contributed by atoms with van der Waals surface area (Å²) in [4.78, 5) is 36.8. The summed E-state index contributed by atoms with van der Waals surface area (Å²) in [6.45, 7) is 4.36. The summed E-state index contributed by atoms with van der Waals surface area (Å²) >= 11 is 0. The molecule has 0 aliphatic heterocycles. The molecule has 0 bridgehead atoms. The van der Waals surface area contributed by atoms with Gasteiger partial charge in [0.2, 0.25) is 0 Å². The summed E-state index contributed by atoms with van der Waals surface area (Å²) in [5, 5.41) is 11.7. The molecule has 0 aromatic heterocycles. The van der Waals surface area contributed by atoms with Gasteiger partial charge in [0.1, 0.15) is 13.2 Å². The van der Waals surface area contributed by atoms with E-state index in [9.17, 15) is 19.5 Å². The number of unbranched alkanes of at least 4 members (excludes halogenated alkanes) is 4. The molecule has 2 unspecified atom stereocenters. The van der Waals surface area contributed by atoms with Gasteiger partial charge in [0.25, 0.3) is 0 Å². The van der Waals surface area contributed by atoms with Gasteiger partial charge in [-0.25, -0.2) is 0 Å². The van der Waals surface area contributed by atoms with Crippen molar-refractivity contribution >= 4 is 17.9 Å². The Morgan fingerprint density at radius 1 is 0.545 bits per heavy atom. The quantitative estimate of drug-likeness (QED) is 0.0207. The van der Waals surface area contributed by atoms with Crippen molar-refractivity contribution in [1.82, 2.24) is 0 Å². The molecule has 0 aromatic rings. The number of carbonyl (C=O) groups is 3. The van der Waals surface area contributed by atoms with Crippen molar-refractivity contribution in [2.45, 2.75) is 129 Å². The molecule has 0 amide bonds. The van der Waals surface area contributed by atoms with Crippen molar-refractivity contribution in [3.8, 4) is 0 Å². The van der Waals surface area contributed by atoms with Crippen LogP contribution in [0, 0.1) is 0 Å². The molecule has 0 saturated carbocycles. The van der Waals surface area contributed by atoms with E-state index in [-0.39, 0.29) is 32.7 Å². The zero-order chi connectivity index (χ0) is 40.7. The number of rotatable bonds is 35. The third-order valence-corrected chi connectivity index (χ3v) is 7.83. The second kappa shape index (κ2) is 37.1. The molecule has 0 aromatic carbocycles. The average Bonchev–Trinajstić information content (AvgIpc) is 3.14. The first kappa shape index (κ1) is 51.2. The minimum atomic E-state index is -1.65. The number of ether oxygens (including phenoxy) is 4. The Morgan fingerprint density at radius 2 is 0.964 bits per heavy atom. The smallest absolute Gasteiger partial charge is 0.306 e. The molecule has 0 radical (unpaired) electrons. The molecule has 0 heterocycles. The van der Waals surface area contributed by atoms with E-state index >= 15 is 0 Å². The summed E-state index contributed by atoms with van der Waals surface area (Å²) in [7, 11) is 5.86. The Balaban J connectivity index is 4.67. The van der Waals surface area contributed by atoms with Crippen LogP contribution >= 0.6 is 0 Å². The first-order valence-corrected chi connectivity index (χ1v) is 20.4. The van der Waals surface area contributed by atoms with Gasteiger partial charge in [-0.2, -0.15) is 0 Å². The second-order valence-corrected chi connectivity index (χ2v) is 14.2. The number of esters is 2. The summed E-state index contributed by atoms with van der Waals surface area (Å²) in [5.74, 6) is -2.42. The van der Waals surface area contributed by atoms with Gasteiger partial charge >= 0.3 is 11.9 Å². The lowest BCUT2D eigenvalue weighted by molar-refractivity contribution is -0.870. The first-order chi connectivity index (χ1) is 26.6. The molecule has 55 heavy (non-hydrogen) atoms. The van der Waals surface area contributed by atoms with E-state index in [0.717, 1.165) is 77.0 Å². The average molecular weight is 768 g/mol. The van der Waals surface area contributed by atoms with Gasteiger partial charge < -0.3 is 33.3 Å². The van der Waals surface area contributed by atoms with Crippen LogP contribution in [0.2, 0.25) is 0 Å². The summed E-state index contributed by atoms with van der Waals surface area (Å²) in [6.07, 6.45) is 44.5. The normalized spacial score (nSPS) is 14.0. The van der Waals surface area contributed by atoms with Gasteiger partial charge in [-0.1, -0.05) is 111 Å². The van der Waals surface area contributed by atoms with E-state index in [2.05, 4.69) is 111 Å². The SMILES string of the molecule is CC/C=C\C/C=C\C/C=C\C/C=C\CCCCC(=O)OCC(COC(OCC[N+](C)(C)C)C(=O)[O-])OC(=O)CCCC/C=C\C/C=C\C/C=C\C/C=C\CC. The van der Waals surface area contributed by atoms with Crippen LogP contribution in [0.1, 0.15) is 117 Å². The molecule has 0 saturated heterocycles. The number of hydrogen-bond donors (Lipinski definition) is 0. The molecule has 2 atom stereocenters. The molecule has 0 aliphatic carbocycles. The van der Waals surface area contributed by atoms with Crippen molar-refractivity contribution in [2.75, 3.05) is 47.5 Å². The van der Waals surface area contributed by atoms with E-state index in [4.69, 9.17) is 18.9 Å². The van der Waals surface area contributed by atoms with E-state index in [0.29, 0.717) is 23.9 Å². The third-order valence-electron chi connectivity index (χ3n) is 7.83. The van der Waals surface area contributed by atoms with Crippen LogP contribution in [-0.2, 0) is 33.3 Å². The predicted octanol–water partition coefficient (Wildman–Crippen LogP) is 8.99. The molecule has 0 N–H and O–H groups in total. The molecule has 9 nitrogen and oxygen atoms in total. The van der Waals surface area contributed by atoms with Crippen LogP contribution in [-0.4, -0.2) is 82.3 Å². The summed E-state index contributed by atoms with van der Waals surface area (Å²) in [5.41, 5.74) is 0. The summed E-state index contributed by atoms with van der Waals surface area (Å²) < 4.78 is 22.4. The highest BCUT2D eigenvalue weighted by Crippen LogP contribution is 2.09. The topological polar surface area (TPSA) is 111 Å². The van der Waals surface area contributed by atoms with Crippen molar-refractivity contribution in [3.63, 3.8) is 0 Å². The maximum atomic E-state index is 12.7. The van der Waals surface area contributed by atoms with Crippen LogP contribution in [0.5, 0.6) is 0 Å². The monoisotopic (exact) mass is 768 g/mol. The largest absolute Gasteiger partial charge is 0.545 e. The number of nitrogens with zero attached hydrogens (tertiary/aromatic N) is 1. The third kappa shape index (κ3) is 38.3. The predicted molar refractivity (Wildman–Crippen MR) is 223 cm³/mol. The van der Waals surface area contributed by atoms with Crippen LogP contribution < -0.4 is 5.11 Å². The lowest BCUT2D eigenvalue weighted by atomic mass is 10.1. The number of carboxylic acids is 1. The van der Waals surface area contributed by atoms with E-state index in [1.807, 2.05) is 21.1 Å². The first-order valence-electron chi connectivity index (χ1n) is 20.4. The van der Waals surface area contributed by atoms with Crippen molar-refractivity contribution in [1.29, 1.82) is 0 Å². The Bertz CT molecular complexity index is 1220. The lowest BCUT2D eigenvalue weighted by Gasteiger charge is -2.26. The number of quaternary nitrogens is 1. The van der Waals surface area contributed by atoms with Crippen molar-refractivity contribution in [2.24, 2.45) is 0 Å². The van der Waals surface area contributed by atoms with Gasteiger partial charge in [-0.15, -0.1) is 0 Å². The Morgan fingerprint density at radius 3 is 1.38 bits per heavy atom. The Labute approximate surface area is 333 Å². The van der Waals surface area contributed by atoms with Crippen LogP contribution in [0.25, 0.3) is 0 Å². The van der Waals surface area contributed by atoms with E-state index in [1.165, 1.54) is 0 Å². The van der Waals surface area contributed by atoms with Gasteiger partial charge in [-0.3, -0.25) is 9.59 Å². The Hall–Kier alpha value is -3.79. The zero-order valence-corrected chi connectivity index (χ0v) is 34.7. The fourth-order valence-corrected chi connectivity index (χ4v) is 4.69. The van der Waals surface area contributed by atoms with E-state index in [1.54, 1.807) is 0 Å². The molecule has 0 fully saturated rings. The van der Waals surface area contributed by atoms with Gasteiger partial charge in [0.05, 0.1) is 40.3 Å². The highest BCUT2D eigenvalue weighted by atomic mass is 16.7. The van der Waals surface area contributed by atoms with Crippen molar-refractivity contribution in [3.05, 3.63) is 97.2 Å². The fraction of sp³-hybridized carbons (Fsp3) is 0.587. The number of aliphatic carboxylic acids is 1. The van der Waals surface area contributed by atoms with Crippen LogP contribution in [0.4, 0.5) is 0 Å². The molecule has 0 rings (SSSR count). The number of hydrogen-bond acceptors (Lipinski definition) is 8. The van der Waals surface area contributed by atoms with Gasteiger partial charge in [0.15, 0.2) is 12.4 Å². The minimum Gasteiger partial charge on any atom is -0.545 e. The lowest BCUT2D eigenvalue weighted by Crippen LogP contribution is -2.44. The fourth-order valence-electron chi connectivity index (χ4n) is 4.69. The van der Waals surface area contributed by atoms with Gasteiger partial charge in [0, 0.05) is 12.8 Å². The minimum absolute atomic E-state index is 0.127. The highest BCUT2D eigenvalue weighted by Gasteiger charge is 2.21. The van der Waals surface area contributed by atoms with Crippen molar-refractivity contribution < 1.29 is 42.9 Å². The molecule has 9 heteroatoms. The highest BCUT2D eigenvalue weighted by molar-refractivity contribution is 5.70. The molecule has 0 spiro atoms. The maximum Gasteiger partial charge on any atom is 0.306 e. The summed E-state index contributed by atoms with van der Waals surface area (Å²) in [6, 6.07) is 0.